The summed E-state index contributed by atoms with van der Waals surface area (Å²) in [5.41, 5.74) is 0.618. The quantitative estimate of drug-likeness (QED) is 0.443. The summed E-state index contributed by atoms with van der Waals surface area (Å²) in [7, 11) is 0. The Bertz CT molecular complexity index is 677. The molecular formula is C19H24O8. The van der Waals surface area contributed by atoms with Crippen LogP contribution in [0.4, 0.5) is 0 Å². The predicted octanol–water partition coefficient (Wildman–Crippen LogP) is 3.13. The molecule has 0 unspecified atom stereocenters. The van der Waals surface area contributed by atoms with Crippen LogP contribution in [0, 0.1) is 0 Å². The molecule has 0 aromatic heterocycles. The fourth-order valence-electron chi connectivity index (χ4n) is 2.41. The molecule has 0 aliphatic carbocycles. The first-order valence-electron chi connectivity index (χ1n) is 8.75. The van der Waals surface area contributed by atoms with Crippen molar-refractivity contribution in [1.29, 1.82) is 0 Å². The van der Waals surface area contributed by atoms with E-state index in [-0.39, 0.29) is 55.9 Å². The summed E-state index contributed by atoms with van der Waals surface area (Å²) < 4.78 is 10.4. The van der Waals surface area contributed by atoms with E-state index in [9.17, 15) is 19.2 Å². The van der Waals surface area contributed by atoms with E-state index in [4.69, 9.17) is 19.7 Å². The minimum absolute atomic E-state index is 0.0526. The Hall–Kier alpha value is -2.90. The SMILES string of the molecule is CCC(=O)Oc1ccc(C(CCC(=O)O)CCC(=O)O)cc1OC(=O)CC. The second kappa shape index (κ2) is 10.9. The van der Waals surface area contributed by atoms with Crippen LogP contribution in [0.5, 0.6) is 11.5 Å². The maximum absolute atomic E-state index is 11.7. The maximum Gasteiger partial charge on any atom is 0.311 e. The molecule has 0 saturated heterocycles. The van der Waals surface area contributed by atoms with E-state index in [0.29, 0.717) is 5.56 Å². The molecule has 0 saturated carbocycles. The van der Waals surface area contributed by atoms with Gasteiger partial charge in [-0.05, 0) is 36.5 Å². The lowest BCUT2D eigenvalue weighted by Gasteiger charge is -2.18. The Morgan fingerprint density at radius 3 is 1.78 bits per heavy atom. The molecule has 0 fully saturated rings. The van der Waals surface area contributed by atoms with Crippen molar-refractivity contribution in [2.75, 3.05) is 0 Å². The number of carbonyl (C=O) groups excluding carboxylic acids is 2. The Morgan fingerprint density at radius 1 is 0.852 bits per heavy atom. The summed E-state index contributed by atoms with van der Waals surface area (Å²) >= 11 is 0. The van der Waals surface area contributed by atoms with Crippen LogP contribution in [0.3, 0.4) is 0 Å². The Balaban J connectivity index is 3.17. The first kappa shape index (κ1) is 22.1. The van der Waals surface area contributed by atoms with E-state index in [1.54, 1.807) is 19.9 Å². The van der Waals surface area contributed by atoms with Crippen LogP contribution in [-0.4, -0.2) is 34.1 Å². The van der Waals surface area contributed by atoms with Gasteiger partial charge in [-0.1, -0.05) is 19.9 Å². The fraction of sp³-hybridized carbons (Fsp3) is 0.474. The first-order valence-corrected chi connectivity index (χ1v) is 8.75. The van der Waals surface area contributed by atoms with E-state index in [2.05, 4.69) is 0 Å². The van der Waals surface area contributed by atoms with Gasteiger partial charge in [0.1, 0.15) is 0 Å². The van der Waals surface area contributed by atoms with Gasteiger partial charge in [0.25, 0.3) is 0 Å². The molecule has 0 heterocycles. The highest BCUT2D eigenvalue weighted by Crippen LogP contribution is 2.35. The minimum atomic E-state index is -0.985. The van der Waals surface area contributed by atoms with Crippen molar-refractivity contribution in [3.05, 3.63) is 23.8 Å². The van der Waals surface area contributed by atoms with Gasteiger partial charge >= 0.3 is 23.9 Å². The topological polar surface area (TPSA) is 127 Å². The second-order valence-corrected chi connectivity index (χ2v) is 5.92. The highest BCUT2D eigenvalue weighted by molar-refractivity contribution is 5.76. The lowest BCUT2D eigenvalue weighted by Crippen LogP contribution is -2.12. The van der Waals surface area contributed by atoms with Gasteiger partial charge in [0.15, 0.2) is 11.5 Å². The maximum atomic E-state index is 11.7. The summed E-state index contributed by atoms with van der Waals surface area (Å²) in [5.74, 6) is -3.20. The number of carboxylic acid groups (broad SMARTS) is 2. The molecule has 27 heavy (non-hydrogen) atoms. The predicted molar refractivity (Wildman–Crippen MR) is 94.8 cm³/mol. The summed E-state index contributed by atoms with van der Waals surface area (Å²) in [6, 6.07) is 4.59. The summed E-state index contributed by atoms with van der Waals surface area (Å²) in [5, 5.41) is 17.8. The monoisotopic (exact) mass is 380 g/mol. The Morgan fingerprint density at radius 2 is 1.33 bits per heavy atom. The summed E-state index contributed by atoms with van der Waals surface area (Å²) in [6.45, 7) is 3.24. The molecule has 0 amide bonds. The molecule has 148 valence electrons. The van der Waals surface area contributed by atoms with E-state index >= 15 is 0 Å². The highest BCUT2D eigenvalue weighted by Gasteiger charge is 2.19. The van der Waals surface area contributed by atoms with Crippen molar-refractivity contribution in [1.82, 2.24) is 0 Å². The molecule has 1 aromatic rings. The number of ether oxygens (including phenoxy) is 2. The van der Waals surface area contributed by atoms with Gasteiger partial charge in [-0.15, -0.1) is 0 Å². The van der Waals surface area contributed by atoms with Crippen molar-refractivity contribution in [3.8, 4) is 11.5 Å². The molecule has 0 aliphatic heterocycles. The molecule has 0 atom stereocenters. The van der Waals surface area contributed by atoms with Gasteiger partial charge in [0, 0.05) is 25.7 Å². The molecular weight excluding hydrogens is 356 g/mol. The van der Waals surface area contributed by atoms with Gasteiger partial charge in [0.05, 0.1) is 0 Å². The van der Waals surface area contributed by atoms with E-state index in [1.807, 2.05) is 0 Å². The summed E-state index contributed by atoms with van der Waals surface area (Å²) in [4.78, 5) is 45.0. The van der Waals surface area contributed by atoms with Crippen molar-refractivity contribution in [3.63, 3.8) is 0 Å². The van der Waals surface area contributed by atoms with Crippen LogP contribution >= 0.6 is 0 Å². The lowest BCUT2D eigenvalue weighted by molar-refractivity contribution is -0.137. The molecule has 0 aliphatic rings. The third kappa shape index (κ3) is 7.89. The van der Waals surface area contributed by atoms with Crippen molar-refractivity contribution < 1.29 is 38.9 Å². The number of rotatable bonds is 11. The lowest BCUT2D eigenvalue weighted by atomic mass is 9.89. The number of hydrogen-bond acceptors (Lipinski definition) is 6. The van der Waals surface area contributed by atoms with E-state index in [0.717, 1.165) is 0 Å². The highest BCUT2D eigenvalue weighted by atomic mass is 16.6. The molecule has 1 rings (SSSR count). The molecule has 0 bridgehead atoms. The van der Waals surface area contributed by atoms with Crippen LogP contribution in [0.2, 0.25) is 0 Å². The van der Waals surface area contributed by atoms with Crippen LogP contribution in [0.1, 0.15) is 63.9 Å². The fourth-order valence-corrected chi connectivity index (χ4v) is 2.41. The average molecular weight is 380 g/mol. The number of carboxylic acids is 2. The molecule has 1 aromatic carbocycles. The van der Waals surface area contributed by atoms with Gasteiger partial charge in [-0.3, -0.25) is 19.2 Å². The molecule has 8 heteroatoms. The van der Waals surface area contributed by atoms with Crippen molar-refractivity contribution >= 4 is 23.9 Å². The third-order valence-corrected chi connectivity index (χ3v) is 3.88. The first-order chi connectivity index (χ1) is 12.8. The largest absolute Gasteiger partial charge is 0.481 e. The van der Waals surface area contributed by atoms with E-state index in [1.165, 1.54) is 12.1 Å². The van der Waals surface area contributed by atoms with Gasteiger partial charge in [0.2, 0.25) is 0 Å². The van der Waals surface area contributed by atoms with Crippen molar-refractivity contribution in [2.45, 2.75) is 58.3 Å². The Kier molecular flexibility index (Phi) is 8.98. The second-order valence-electron chi connectivity index (χ2n) is 5.92. The summed E-state index contributed by atoms with van der Waals surface area (Å²) in [6.07, 6.45) is 0.479. The van der Waals surface area contributed by atoms with Gasteiger partial charge < -0.3 is 19.7 Å². The number of benzene rings is 1. The number of hydrogen-bond donors (Lipinski definition) is 2. The van der Waals surface area contributed by atoms with Crippen LogP contribution < -0.4 is 9.47 Å². The number of esters is 2. The van der Waals surface area contributed by atoms with Crippen LogP contribution in [0.25, 0.3) is 0 Å². The number of aliphatic carboxylic acids is 2. The molecule has 2 N–H and O–H groups in total. The smallest absolute Gasteiger partial charge is 0.311 e. The van der Waals surface area contributed by atoms with Crippen LogP contribution in [-0.2, 0) is 19.2 Å². The van der Waals surface area contributed by atoms with E-state index < -0.39 is 23.9 Å². The molecule has 0 spiro atoms. The minimum Gasteiger partial charge on any atom is -0.481 e. The normalized spacial score (nSPS) is 10.5. The zero-order valence-electron chi connectivity index (χ0n) is 15.4. The number of carbonyl (C=O) groups is 4. The average Bonchev–Trinajstić information content (AvgIpc) is 2.62. The third-order valence-electron chi connectivity index (χ3n) is 3.88. The molecule has 8 nitrogen and oxygen atoms in total. The zero-order valence-corrected chi connectivity index (χ0v) is 15.4. The molecule has 0 radical (unpaired) electrons. The zero-order chi connectivity index (χ0) is 20.4. The Labute approximate surface area is 157 Å². The van der Waals surface area contributed by atoms with Crippen LogP contribution in [0.15, 0.2) is 18.2 Å². The van der Waals surface area contributed by atoms with Gasteiger partial charge in [-0.2, -0.15) is 0 Å². The van der Waals surface area contributed by atoms with Gasteiger partial charge in [-0.25, -0.2) is 0 Å². The van der Waals surface area contributed by atoms with Crippen molar-refractivity contribution in [2.24, 2.45) is 0 Å². The standard InChI is InChI=1S/C19H24O8/c1-3-18(24)26-14-8-5-13(11-15(14)27-19(25)4-2)12(6-9-16(20)21)7-10-17(22)23/h5,8,11-12H,3-4,6-7,9-10H2,1-2H3,(H,20,21)(H,22,23).